The third-order valence-corrected chi connectivity index (χ3v) is 1.38. The molecule has 0 radical (unpaired) electrons. The summed E-state index contributed by atoms with van der Waals surface area (Å²) < 4.78 is 6.16. The van der Waals surface area contributed by atoms with Gasteiger partial charge in [-0.1, -0.05) is 13.8 Å². The fourth-order valence-electron chi connectivity index (χ4n) is 0.886. The monoisotopic (exact) mass is 199 g/mol. The first-order chi connectivity index (χ1) is 6.65. The Labute approximate surface area is 83.8 Å². The van der Waals surface area contributed by atoms with Crippen LogP contribution in [0.25, 0.3) is 0 Å². The fourth-order valence-corrected chi connectivity index (χ4v) is 0.886. The number of anilines is 1. The standard InChI is InChI=1S/C7H11N3O2.C2H6/c1-3-12-7(11)5-4-6(8)9-10(5)2;1-2/h4H,3H2,1-2H3,(H2,8,9);1-2H3. The van der Waals surface area contributed by atoms with Crippen molar-refractivity contribution < 1.29 is 9.53 Å². The molecule has 80 valence electrons. The third-order valence-electron chi connectivity index (χ3n) is 1.38. The average molecular weight is 199 g/mol. The van der Waals surface area contributed by atoms with E-state index in [4.69, 9.17) is 10.5 Å². The maximum absolute atomic E-state index is 11.1. The number of esters is 1. The zero-order chi connectivity index (χ0) is 11.1. The summed E-state index contributed by atoms with van der Waals surface area (Å²) in [7, 11) is 1.64. The van der Waals surface area contributed by atoms with Gasteiger partial charge in [-0.2, -0.15) is 5.10 Å². The minimum absolute atomic E-state index is 0.320. The highest BCUT2D eigenvalue weighted by Crippen LogP contribution is 2.05. The van der Waals surface area contributed by atoms with Crippen molar-refractivity contribution in [2.45, 2.75) is 20.8 Å². The van der Waals surface area contributed by atoms with Gasteiger partial charge >= 0.3 is 5.97 Å². The van der Waals surface area contributed by atoms with Crippen LogP contribution in [0.1, 0.15) is 31.3 Å². The van der Waals surface area contributed by atoms with Crippen molar-refractivity contribution in [2.75, 3.05) is 12.3 Å². The number of nitrogen functional groups attached to an aromatic ring is 1. The molecule has 0 saturated carbocycles. The van der Waals surface area contributed by atoms with Gasteiger partial charge in [-0.15, -0.1) is 0 Å². The predicted molar refractivity (Wildman–Crippen MR) is 54.9 cm³/mol. The van der Waals surface area contributed by atoms with Gasteiger partial charge in [0.15, 0.2) is 0 Å². The second-order valence-electron chi connectivity index (χ2n) is 2.30. The van der Waals surface area contributed by atoms with Gasteiger partial charge in [0.05, 0.1) is 6.61 Å². The molecule has 0 aliphatic heterocycles. The topological polar surface area (TPSA) is 70.1 Å². The molecule has 1 heterocycles. The summed E-state index contributed by atoms with van der Waals surface area (Å²) in [6.07, 6.45) is 0. The highest BCUT2D eigenvalue weighted by molar-refractivity contribution is 5.88. The van der Waals surface area contributed by atoms with Gasteiger partial charge in [-0.25, -0.2) is 4.79 Å². The third kappa shape index (κ3) is 3.08. The fraction of sp³-hybridized carbons (Fsp3) is 0.556. The first-order valence-electron chi connectivity index (χ1n) is 4.61. The number of carbonyl (C=O) groups is 1. The lowest BCUT2D eigenvalue weighted by atomic mass is 10.4. The normalized spacial score (nSPS) is 8.86. The van der Waals surface area contributed by atoms with Crippen LogP contribution in [-0.2, 0) is 11.8 Å². The van der Waals surface area contributed by atoms with Crippen molar-refractivity contribution in [1.82, 2.24) is 9.78 Å². The van der Waals surface area contributed by atoms with E-state index in [9.17, 15) is 4.79 Å². The van der Waals surface area contributed by atoms with Crippen LogP contribution in [0.2, 0.25) is 0 Å². The zero-order valence-corrected chi connectivity index (χ0v) is 9.07. The Balaban J connectivity index is 0.000000791. The van der Waals surface area contributed by atoms with Crippen molar-refractivity contribution in [1.29, 1.82) is 0 Å². The molecule has 5 nitrogen and oxygen atoms in total. The van der Waals surface area contributed by atoms with Gasteiger partial charge in [0.1, 0.15) is 11.5 Å². The number of aryl methyl sites for hydroxylation is 1. The average Bonchev–Trinajstić information content (AvgIpc) is 2.49. The Morgan fingerprint density at radius 1 is 1.64 bits per heavy atom. The van der Waals surface area contributed by atoms with E-state index < -0.39 is 5.97 Å². The summed E-state index contributed by atoms with van der Waals surface area (Å²) in [4.78, 5) is 11.1. The molecular weight excluding hydrogens is 182 g/mol. The maximum Gasteiger partial charge on any atom is 0.356 e. The number of rotatable bonds is 2. The van der Waals surface area contributed by atoms with E-state index in [2.05, 4.69) is 5.10 Å². The molecular formula is C9H17N3O2. The molecule has 0 fully saturated rings. The molecule has 5 heteroatoms. The van der Waals surface area contributed by atoms with Gasteiger partial charge in [-0.05, 0) is 6.92 Å². The number of ether oxygens (including phenoxy) is 1. The van der Waals surface area contributed by atoms with Crippen molar-refractivity contribution in [3.05, 3.63) is 11.8 Å². The molecule has 0 atom stereocenters. The molecule has 1 aromatic rings. The second kappa shape index (κ2) is 6.01. The molecule has 1 aromatic heterocycles. The zero-order valence-electron chi connectivity index (χ0n) is 9.07. The summed E-state index contributed by atoms with van der Waals surface area (Å²) in [5, 5.41) is 3.81. The van der Waals surface area contributed by atoms with Gasteiger partial charge in [-0.3, -0.25) is 4.68 Å². The number of hydrogen-bond donors (Lipinski definition) is 1. The van der Waals surface area contributed by atoms with Crippen LogP contribution in [0.15, 0.2) is 6.07 Å². The highest BCUT2D eigenvalue weighted by Gasteiger charge is 2.12. The summed E-state index contributed by atoms with van der Waals surface area (Å²) in [6, 6.07) is 1.48. The van der Waals surface area contributed by atoms with Crippen LogP contribution in [-0.4, -0.2) is 22.4 Å². The number of nitrogens with zero attached hydrogens (tertiary/aromatic N) is 2. The highest BCUT2D eigenvalue weighted by atomic mass is 16.5. The SMILES string of the molecule is CC.CCOC(=O)c1cc(N)nn1C. The molecule has 1 rings (SSSR count). The molecule has 14 heavy (non-hydrogen) atoms. The van der Waals surface area contributed by atoms with Crippen LogP contribution >= 0.6 is 0 Å². The van der Waals surface area contributed by atoms with Crippen LogP contribution in [0.3, 0.4) is 0 Å². The van der Waals surface area contributed by atoms with E-state index in [0.717, 1.165) is 0 Å². The summed E-state index contributed by atoms with van der Waals surface area (Å²) in [6.45, 7) is 6.10. The largest absolute Gasteiger partial charge is 0.461 e. The lowest BCUT2D eigenvalue weighted by Gasteiger charge is -1.99. The Hall–Kier alpha value is -1.52. The quantitative estimate of drug-likeness (QED) is 0.727. The molecule has 2 N–H and O–H groups in total. The minimum atomic E-state index is -0.399. The summed E-state index contributed by atoms with van der Waals surface area (Å²) >= 11 is 0. The van der Waals surface area contributed by atoms with E-state index >= 15 is 0 Å². The second-order valence-corrected chi connectivity index (χ2v) is 2.30. The van der Waals surface area contributed by atoms with Crippen LogP contribution in [0.5, 0.6) is 0 Å². The number of nitrogens with two attached hydrogens (primary N) is 1. The van der Waals surface area contributed by atoms with Gasteiger partial charge < -0.3 is 10.5 Å². The smallest absolute Gasteiger partial charge is 0.356 e. The molecule has 0 bridgehead atoms. The number of carbonyl (C=O) groups excluding carboxylic acids is 1. The van der Waals surface area contributed by atoms with Crippen LogP contribution < -0.4 is 5.73 Å². The Morgan fingerprint density at radius 2 is 2.21 bits per heavy atom. The Bertz CT molecular complexity index is 294. The lowest BCUT2D eigenvalue weighted by Crippen LogP contribution is -2.10. The first-order valence-corrected chi connectivity index (χ1v) is 4.61. The first kappa shape index (κ1) is 12.5. The van der Waals surface area contributed by atoms with Crippen molar-refractivity contribution in [3.63, 3.8) is 0 Å². The van der Waals surface area contributed by atoms with Gasteiger partial charge in [0.25, 0.3) is 0 Å². The van der Waals surface area contributed by atoms with Crippen molar-refractivity contribution >= 4 is 11.8 Å². The van der Waals surface area contributed by atoms with E-state index in [1.807, 2.05) is 13.8 Å². The van der Waals surface area contributed by atoms with Crippen LogP contribution in [0, 0.1) is 0 Å². The number of hydrogen-bond acceptors (Lipinski definition) is 4. The van der Waals surface area contributed by atoms with Gasteiger partial charge in [0.2, 0.25) is 0 Å². The molecule has 0 aromatic carbocycles. The molecule has 0 aliphatic rings. The molecule has 0 unspecified atom stereocenters. The van der Waals surface area contributed by atoms with E-state index in [-0.39, 0.29) is 0 Å². The minimum Gasteiger partial charge on any atom is -0.461 e. The summed E-state index contributed by atoms with van der Waals surface area (Å²) in [5.41, 5.74) is 5.74. The molecule has 0 amide bonds. The van der Waals surface area contributed by atoms with Crippen LogP contribution in [0.4, 0.5) is 5.82 Å². The lowest BCUT2D eigenvalue weighted by molar-refractivity contribution is 0.0513. The van der Waals surface area contributed by atoms with Crippen molar-refractivity contribution in [3.8, 4) is 0 Å². The van der Waals surface area contributed by atoms with Gasteiger partial charge in [0, 0.05) is 13.1 Å². The summed E-state index contributed by atoms with van der Waals surface area (Å²) in [5.74, 6) is -0.0789. The molecule has 0 spiro atoms. The Kier molecular flexibility index (Phi) is 5.36. The Morgan fingerprint density at radius 3 is 2.57 bits per heavy atom. The van der Waals surface area contributed by atoms with E-state index in [1.54, 1.807) is 14.0 Å². The molecule has 0 saturated heterocycles. The number of aromatic nitrogens is 2. The predicted octanol–water partition coefficient (Wildman–Crippen LogP) is 1.21. The molecule has 0 aliphatic carbocycles. The van der Waals surface area contributed by atoms with Crippen molar-refractivity contribution in [2.24, 2.45) is 7.05 Å². The van der Waals surface area contributed by atoms with E-state index in [1.165, 1.54) is 10.7 Å². The maximum atomic E-state index is 11.1. The van der Waals surface area contributed by atoms with E-state index in [0.29, 0.717) is 18.1 Å².